The number of aromatic nitrogens is 2. The maximum atomic E-state index is 10.7. The van der Waals surface area contributed by atoms with Crippen LogP contribution in [0.3, 0.4) is 0 Å². The lowest BCUT2D eigenvalue weighted by Gasteiger charge is -2.06. The normalized spacial score (nSPS) is 10.2. The standard InChI is InChI=1S/C8H10ClN3O4/c1-5-6(12(14)15)7(11-8(9)10-5)16-4-2-3-13/h13H,2-4H2,1H3. The second-order valence-electron chi connectivity index (χ2n) is 2.91. The average Bonchev–Trinajstić information content (AvgIpc) is 2.16. The molecular formula is C8H10ClN3O4. The Morgan fingerprint density at radius 2 is 2.25 bits per heavy atom. The molecule has 1 aromatic rings. The van der Waals surface area contributed by atoms with Crippen molar-refractivity contribution in [3.63, 3.8) is 0 Å². The van der Waals surface area contributed by atoms with Crippen LogP contribution in [0, 0.1) is 17.0 Å². The van der Waals surface area contributed by atoms with E-state index in [1.165, 1.54) is 6.92 Å². The number of aliphatic hydroxyl groups excluding tert-OH is 1. The van der Waals surface area contributed by atoms with Crippen molar-refractivity contribution < 1.29 is 14.8 Å². The predicted molar refractivity (Wildman–Crippen MR) is 55.6 cm³/mol. The maximum Gasteiger partial charge on any atom is 0.352 e. The van der Waals surface area contributed by atoms with Crippen molar-refractivity contribution in [2.45, 2.75) is 13.3 Å². The highest BCUT2D eigenvalue weighted by atomic mass is 35.5. The number of aryl methyl sites for hydroxylation is 1. The minimum absolute atomic E-state index is 0.0639. The fourth-order valence-corrected chi connectivity index (χ4v) is 1.26. The molecule has 0 spiro atoms. The predicted octanol–water partition coefficient (Wildman–Crippen LogP) is 1.11. The van der Waals surface area contributed by atoms with Crippen LogP contribution in [0.4, 0.5) is 5.69 Å². The fraction of sp³-hybridized carbons (Fsp3) is 0.500. The summed E-state index contributed by atoms with van der Waals surface area (Å²) in [6, 6.07) is 0. The zero-order chi connectivity index (χ0) is 12.1. The number of hydrogen-bond donors (Lipinski definition) is 1. The largest absolute Gasteiger partial charge is 0.473 e. The molecule has 1 N–H and O–H groups in total. The van der Waals surface area contributed by atoms with Gasteiger partial charge in [0.2, 0.25) is 5.28 Å². The molecule has 0 atom stereocenters. The second kappa shape index (κ2) is 5.57. The third-order valence-electron chi connectivity index (χ3n) is 1.72. The number of nitrogens with zero attached hydrogens (tertiary/aromatic N) is 3. The summed E-state index contributed by atoms with van der Waals surface area (Å²) in [4.78, 5) is 17.4. The summed E-state index contributed by atoms with van der Waals surface area (Å²) in [5.74, 6) is -0.170. The van der Waals surface area contributed by atoms with E-state index in [0.717, 1.165) is 0 Å². The molecule has 1 heterocycles. The minimum atomic E-state index is -0.625. The van der Waals surface area contributed by atoms with E-state index in [-0.39, 0.29) is 35.8 Å². The molecule has 0 unspecified atom stereocenters. The molecule has 0 aliphatic heterocycles. The average molecular weight is 248 g/mol. The molecule has 1 aromatic heterocycles. The van der Waals surface area contributed by atoms with E-state index in [0.29, 0.717) is 6.42 Å². The van der Waals surface area contributed by atoms with E-state index in [2.05, 4.69) is 9.97 Å². The van der Waals surface area contributed by atoms with Crippen LogP contribution in [0.1, 0.15) is 12.1 Å². The Bertz CT molecular complexity index is 399. The molecule has 0 aliphatic rings. The highest BCUT2D eigenvalue weighted by Crippen LogP contribution is 2.28. The summed E-state index contributed by atoms with van der Waals surface area (Å²) < 4.78 is 5.06. The van der Waals surface area contributed by atoms with Crippen LogP contribution in [-0.2, 0) is 0 Å². The van der Waals surface area contributed by atoms with Crippen molar-refractivity contribution in [2.75, 3.05) is 13.2 Å². The van der Waals surface area contributed by atoms with E-state index in [1.54, 1.807) is 0 Å². The van der Waals surface area contributed by atoms with Gasteiger partial charge in [0.05, 0.1) is 11.5 Å². The Kier molecular flexibility index (Phi) is 4.39. The molecule has 0 fully saturated rings. The molecular weight excluding hydrogens is 238 g/mol. The molecule has 7 nitrogen and oxygen atoms in total. The molecule has 0 aromatic carbocycles. The molecule has 0 radical (unpaired) electrons. The van der Waals surface area contributed by atoms with E-state index < -0.39 is 4.92 Å². The van der Waals surface area contributed by atoms with Crippen molar-refractivity contribution in [3.05, 3.63) is 21.1 Å². The third kappa shape index (κ3) is 3.01. The number of rotatable bonds is 5. The van der Waals surface area contributed by atoms with E-state index in [1.807, 2.05) is 0 Å². The Balaban J connectivity index is 2.99. The fourth-order valence-electron chi connectivity index (χ4n) is 1.05. The van der Waals surface area contributed by atoms with Crippen molar-refractivity contribution in [1.82, 2.24) is 9.97 Å². The molecule has 16 heavy (non-hydrogen) atoms. The highest BCUT2D eigenvalue weighted by Gasteiger charge is 2.22. The van der Waals surface area contributed by atoms with Gasteiger partial charge in [-0.05, 0) is 18.5 Å². The molecule has 0 aliphatic carbocycles. The number of aliphatic hydroxyl groups is 1. The van der Waals surface area contributed by atoms with Gasteiger partial charge in [0.15, 0.2) is 0 Å². The molecule has 1 rings (SSSR count). The number of ether oxygens (including phenoxy) is 1. The van der Waals surface area contributed by atoms with Crippen molar-refractivity contribution in [1.29, 1.82) is 0 Å². The van der Waals surface area contributed by atoms with Crippen LogP contribution in [-0.4, -0.2) is 33.2 Å². The Labute approximate surface area is 96.2 Å². The van der Waals surface area contributed by atoms with Gasteiger partial charge in [0.25, 0.3) is 5.88 Å². The Morgan fingerprint density at radius 1 is 1.56 bits per heavy atom. The zero-order valence-electron chi connectivity index (χ0n) is 8.51. The van der Waals surface area contributed by atoms with E-state index in [4.69, 9.17) is 21.4 Å². The number of nitro groups is 1. The number of halogens is 1. The van der Waals surface area contributed by atoms with E-state index in [9.17, 15) is 10.1 Å². The van der Waals surface area contributed by atoms with Crippen LogP contribution in [0.5, 0.6) is 5.88 Å². The van der Waals surface area contributed by atoms with Gasteiger partial charge < -0.3 is 9.84 Å². The minimum Gasteiger partial charge on any atom is -0.473 e. The maximum absolute atomic E-state index is 10.7. The van der Waals surface area contributed by atoms with Gasteiger partial charge in [0, 0.05) is 13.0 Å². The summed E-state index contributed by atoms with van der Waals surface area (Å²) in [7, 11) is 0. The Hall–Kier alpha value is -1.47. The van der Waals surface area contributed by atoms with Gasteiger partial charge in [-0.25, -0.2) is 4.98 Å². The van der Waals surface area contributed by atoms with Gasteiger partial charge in [-0.15, -0.1) is 0 Å². The first-order valence-electron chi connectivity index (χ1n) is 4.48. The van der Waals surface area contributed by atoms with Crippen LogP contribution in [0.2, 0.25) is 5.28 Å². The summed E-state index contributed by atoms with van der Waals surface area (Å²) in [6.45, 7) is 1.51. The zero-order valence-corrected chi connectivity index (χ0v) is 9.27. The first-order valence-corrected chi connectivity index (χ1v) is 4.86. The van der Waals surface area contributed by atoms with Crippen LogP contribution >= 0.6 is 11.6 Å². The summed E-state index contributed by atoms with van der Waals surface area (Å²) in [6.07, 6.45) is 0.359. The first kappa shape index (κ1) is 12.6. The smallest absolute Gasteiger partial charge is 0.352 e. The lowest BCUT2D eigenvalue weighted by atomic mass is 10.3. The van der Waals surface area contributed by atoms with Gasteiger partial charge >= 0.3 is 5.69 Å². The third-order valence-corrected chi connectivity index (χ3v) is 1.89. The quantitative estimate of drug-likeness (QED) is 0.362. The molecule has 0 bridgehead atoms. The summed E-state index contributed by atoms with van der Waals surface area (Å²) in [5, 5.41) is 19.2. The lowest BCUT2D eigenvalue weighted by Crippen LogP contribution is -2.06. The summed E-state index contributed by atoms with van der Waals surface area (Å²) in [5.41, 5.74) is -0.161. The Morgan fingerprint density at radius 3 is 2.81 bits per heavy atom. The van der Waals surface area contributed by atoms with Crippen molar-refractivity contribution in [2.24, 2.45) is 0 Å². The highest BCUT2D eigenvalue weighted by molar-refractivity contribution is 6.28. The number of hydrogen-bond acceptors (Lipinski definition) is 6. The summed E-state index contributed by atoms with van der Waals surface area (Å²) >= 11 is 5.57. The van der Waals surface area contributed by atoms with Gasteiger partial charge in [-0.1, -0.05) is 0 Å². The van der Waals surface area contributed by atoms with Gasteiger partial charge in [0.1, 0.15) is 5.69 Å². The van der Waals surface area contributed by atoms with E-state index >= 15 is 0 Å². The first-order chi connectivity index (χ1) is 7.56. The molecule has 88 valence electrons. The van der Waals surface area contributed by atoms with Crippen LogP contribution in [0.25, 0.3) is 0 Å². The van der Waals surface area contributed by atoms with Crippen molar-refractivity contribution in [3.8, 4) is 5.88 Å². The lowest BCUT2D eigenvalue weighted by molar-refractivity contribution is -0.387. The molecule has 0 saturated carbocycles. The topological polar surface area (TPSA) is 98.4 Å². The SMILES string of the molecule is Cc1nc(Cl)nc(OCCCO)c1[N+](=O)[O-]. The van der Waals surface area contributed by atoms with Gasteiger partial charge in [-0.2, -0.15) is 4.98 Å². The molecule has 0 saturated heterocycles. The second-order valence-corrected chi connectivity index (χ2v) is 3.25. The monoisotopic (exact) mass is 247 g/mol. The van der Waals surface area contributed by atoms with Gasteiger partial charge in [-0.3, -0.25) is 10.1 Å². The molecule has 8 heteroatoms. The van der Waals surface area contributed by atoms with Crippen molar-refractivity contribution >= 4 is 17.3 Å². The van der Waals surface area contributed by atoms with Crippen LogP contribution < -0.4 is 4.74 Å². The molecule has 0 amide bonds. The van der Waals surface area contributed by atoms with Crippen LogP contribution in [0.15, 0.2) is 0 Å².